The van der Waals surface area contributed by atoms with Crippen LogP contribution in [-0.4, -0.2) is 28.2 Å². The van der Waals surface area contributed by atoms with Gasteiger partial charge in [0.2, 0.25) is 0 Å². The van der Waals surface area contributed by atoms with Crippen molar-refractivity contribution >= 4 is 17.5 Å². The van der Waals surface area contributed by atoms with Gasteiger partial charge in [-0.05, 0) is 25.5 Å². The number of aryl methyl sites for hydroxylation is 1. The Morgan fingerprint density at radius 2 is 2.00 bits per heavy atom. The Morgan fingerprint density at radius 1 is 1.29 bits per heavy atom. The molecule has 2 aromatic rings. The van der Waals surface area contributed by atoms with Gasteiger partial charge in [-0.25, -0.2) is 0 Å². The highest BCUT2D eigenvalue weighted by Gasteiger charge is 2.23. The largest absolute Gasteiger partial charge is 0.493 e. The van der Waals surface area contributed by atoms with Crippen molar-refractivity contribution in [1.82, 2.24) is 9.78 Å². The van der Waals surface area contributed by atoms with Gasteiger partial charge in [0.25, 0.3) is 11.8 Å². The van der Waals surface area contributed by atoms with Crippen molar-refractivity contribution in [3.63, 3.8) is 0 Å². The van der Waals surface area contributed by atoms with E-state index in [0.717, 1.165) is 12.1 Å². The van der Waals surface area contributed by atoms with Crippen molar-refractivity contribution in [3.8, 4) is 5.75 Å². The molecule has 2 rings (SSSR count). The van der Waals surface area contributed by atoms with Gasteiger partial charge >= 0.3 is 0 Å². The van der Waals surface area contributed by atoms with Crippen LogP contribution in [0.4, 0.5) is 5.69 Å². The molecule has 0 aliphatic rings. The van der Waals surface area contributed by atoms with E-state index in [0.29, 0.717) is 30.0 Å². The third-order valence-corrected chi connectivity index (χ3v) is 3.56. The van der Waals surface area contributed by atoms with Gasteiger partial charge in [0.05, 0.1) is 23.6 Å². The smallest absolute Gasteiger partial charge is 0.271 e. The molecule has 7 nitrogen and oxygen atoms in total. The number of aromatic nitrogens is 2. The minimum atomic E-state index is -0.679. The first-order valence-electron chi connectivity index (χ1n) is 7.88. The van der Waals surface area contributed by atoms with Gasteiger partial charge < -0.3 is 15.8 Å². The van der Waals surface area contributed by atoms with E-state index in [9.17, 15) is 9.59 Å². The molecular formula is C17H22N4O3. The number of carbonyl (C=O) groups is 2. The molecule has 0 saturated heterocycles. The van der Waals surface area contributed by atoms with E-state index in [4.69, 9.17) is 10.5 Å². The Labute approximate surface area is 140 Å². The fourth-order valence-electron chi connectivity index (χ4n) is 2.50. The third-order valence-electron chi connectivity index (χ3n) is 3.56. The zero-order valence-corrected chi connectivity index (χ0v) is 14.1. The lowest BCUT2D eigenvalue weighted by atomic mass is 10.1. The highest BCUT2D eigenvalue weighted by Crippen LogP contribution is 2.25. The number of primary amides is 1. The number of anilines is 1. The SMILES string of the molecule is CCCc1c(NC(=O)c2ccccc2OCC)c(C(N)=O)nn1C. The van der Waals surface area contributed by atoms with Crippen LogP contribution in [-0.2, 0) is 13.5 Å². The number of ether oxygens (including phenoxy) is 1. The lowest BCUT2D eigenvalue weighted by molar-refractivity contribution is 0.0995. The van der Waals surface area contributed by atoms with Crippen molar-refractivity contribution < 1.29 is 14.3 Å². The highest BCUT2D eigenvalue weighted by molar-refractivity contribution is 6.09. The first kappa shape index (κ1) is 17.5. The number of hydrogen-bond acceptors (Lipinski definition) is 4. The van der Waals surface area contributed by atoms with Crippen molar-refractivity contribution in [2.24, 2.45) is 12.8 Å². The predicted octanol–water partition coefficient (Wildman–Crippen LogP) is 2.12. The molecule has 7 heteroatoms. The molecule has 0 saturated carbocycles. The number of rotatable bonds is 7. The van der Waals surface area contributed by atoms with Gasteiger partial charge in [0.1, 0.15) is 5.75 Å². The number of nitrogens with zero attached hydrogens (tertiary/aromatic N) is 2. The summed E-state index contributed by atoms with van der Waals surface area (Å²) in [4.78, 5) is 24.3. The van der Waals surface area contributed by atoms with Crippen molar-refractivity contribution in [1.29, 1.82) is 0 Å². The molecule has 0 aliphatic carbocycles. The van der Waals surface area contributed by atoms with Crippen LogP contribution in [0.2, 0.25) is 0 Å². The Kier molecular flexibility index (Phi) is 5.57. The molecule has 2 amide bonds. The summed E-state index contributed by atoms with van der Waals surface area (Å²) in [6, 6.07) is 6.94. The minimum absolute atomic E-state index is 0.0585. The molecule has 0 radical (unpaired) electrons. The molecule has 0 fully saturated rings. The number of nitrogens with one attached hydrogen (secondary N) is 1. The van der Waals surface area contributed by atoms with Crippen LogP contribution in [0.3, 0.4) is 0 Å². The Balaban J connectivity index is 2.40. The van der Waals surface area contributed by atoms with Crippen LogP contribution >= 0.6 is 0 Å². The van der Waals surface area contributed by atoms with Crippen LogP contribution in [0.5, 0.6) is 5.75 Å². The maximum absolute atomic E-state index is 12.7. The van der Waals surface area contributed by atoms with Crippen molar-refractivity contribution in [2.75, 3.05) is 11.9 Å². The first-order valence-corrected chi connectivity index (χ1v) is 7.88. The maximum atomic E-state index is 12.7. The Bertz CT molecular complexity index is 752. The number of benzene rings is 1. The van der Waals surface area contributed by atoms with E-state index in [-0.39, 0.29) is 11.6 Å². The average Bonchev–Trinajstić information content (AvgIpc) is 2.85. The number of amides is 2. The average molecular weight is 330 g/mol. The summed E-state index contributed by atoms with van der Waals surface area (Å²) in [6.07, 6.45) is 1.51. The minimum Gasteiger partial charge on any atom is -0.493 e. The van der Waals surface area contributed by atoms with Crippen LogP contribution in [0.25, 0.3) is 0 Å². The maximum Gasteiger partial charge on any atom is 0.271 e. The monoisotopic (exact) mass is 330 g/mol. The summed E-state index contributed by atoms with van der Waals surface area (Å²) < 4.78 is 7.06. The lowest BCUT2D eigenvalue weighted by Gasteiger charge is -2.11. The molecule has 3 N–H and O–H groups in total. The van der Waals surface area contributed by atoms with Crippen LogP contribution in [0.1, 0.15) is 46.8 Å². The van der Waals surface area contributed by atoms with Gasteiger partial charge in [-0.15, -0.1) is 0 Å². The van der Waals surface area contributed by atoms with E-state index in [1.165, 1.54) is 0 Å². The second kappa shape index (κ2) is 7.63. The number of carbonyl (C=O) groups excluding carboxylic acids is 2. The molecule has 1 aromatic heterocycles. The number of nitrogens with two attached hydrogens (primary N) is 1. The number of para-hydroxylation sites is 1. The van der Waals surface area contributed by atoms with Crippen LogP contribution in [0.15, 0.2) is 24.3 Å². The van der Waals surface area contributed by atoms with Gasteiger partial charge in [-0.2, -0.15) is 5.10 Å². The Morgan fingerprint density at radius 3 is 2.62 bits per heavy atom. The molecule has 1 heterocycles. The standard InChI is InChI=1S/C17H22N4O3/c1-4-8-12-14(15(16(18)22)20-21(12)3)19-17(23)11-9-6-7-10-13(11)24-5-2/h6-7,9-10H,4-5,8H2,1-3H3,(H2,18,22)(H,19,23). The lowest BCUT2D eigenvalue weighted by Crippen LogP contribution is -2.19. The molecule has 0 unspecified atom stereocenters. The van der Waals surface area contributed by atoms with Gasteiger partial charge in [-0.3, -0.25) is 14.3 Å². The zero-order valence-electron chi connectivity index (χ0n) is 14.1. The third kappa shape index (κ3) is 3.56. The summed E-state index contributed by atoms with van der Waals surface area (Å²) in [7, 11) is 1.72. The second-order valence-electron chi connectivity index (χ2n) is 5.29. The van der Waals surface area contributed by atoms with E-state index in [1.807, 2.05) is 13.8 Å². The normalized spacial score (nSPS) is 10.5. The molecule has 0 atom stereocenters. The Hall–Kier alpha value is -2.83. The second-order valence-corrected chi connectivity index (χ2v) is 5.29. The van der Waals surface area contributed by atoms with Crippen molar-refractivity contribution in [3.05, 3.63) is 41.2 Å². The molecular weight excluding hydrogens is 308 g/mol. The van der Waals surface area contributed by atoms with E-state index >= 15 is 0 Å². The molecule has 0 bridgehead atoms. The fourth-order valence-corrected chi connectivity index (χ4v) is 2.50. The summed E-state index contributed by atoms with van der Waals surface area (Å²) in [5.41, 5.74) is 6.96. The van der Waals surface area contributed by atoms with Crippen LogP contribution < -0.4 is 15.8 Å². The van der Waals surface area contributed by atoms with E-state index in [1.54, 1.807) is 36.0 Å². The molecule has 24 heavy (non-hydrogen) atoms. The summed E-state index contributed by atoms with van der Waals surface area (Å²) in [6.45, 7) is 4.30. The fraction of sp³-hybridized carbons (Fsp3) is 0.353. The highest BCUT2D eigenvalue weighted by atomic mass is 16.5. The van der Waals surface area contributed by atoms with Crippen LogP contribution in [0, 0.1) is 0 Å². The summed E-state index contributed by atoms with van der Waals surface area (Å²) in [5.74, 6) is -0.563. The number of hydrogen-bond donors (Lipinski definition) is 2. The van der Waals surface area contributed by atoms with Gasteiger partial charge in [-0.1, -0.05) is 25.5 Å². The van der Waals surface area contributed by atoms with E-state index in [2.05, 4.69) is 10.4 Å². The summed E-state index contributed by atoms with van der Waals surface area (Å²) >= 11 is 0. The van der Waals surface area contributed by atoms with Gasteiger partial charge in [0, 0.05) is 7.05 Å². The topological polar surface area (TPSA) is 99.2 Å². The predicted molar refractivity (Wildman–Crippen MR) is 91.3 cm³/mol. The first-order chi connectivity index (χ1) is 11.5. The van der Waals surface area contributed by atoms with Gasteiger partial charge in [0.15, 0.2) is 5.69 Å². The quantitative estimate of drug-likeness (QED) is 0.812. The van der Waals surface area contributed by atoms with Crippen molar-refractivity contribution in [2.45, 2.75) is 26.7 Å². The summed E-state index contributed by atoms with van der Waals surface area (Å²) in [5, 5.41) is 6.91. The molecule has 0 aliphatic heterocycles. The molecule has 128 valence electrons. The molecule has 1 aromatic carbocycles. The van der Waals surface area contributed by atoms with E-state index < -0.39 is 5.91 Å². The molecule has 0 spiro atoms. The zero-order chi connectivity index (χ0) is 17.7.